The van der Waals surface area contributed by atoms with Gasteiger partial charge in [0.05, 0.1) is 11.4 Å². The second-order valence-corrected chi connectivity index (χ2v) is 7.67. The zero-order chi connectivity index (χ0) is 17.9. The number of aromatic nitrogens is 2. The van der Waals surface area contributed by atoms with Gasteiger partial charge in [-0.2, -0.15) is 0 Å². The maximum atomic E-state index is 4.82. The number of rotatable bonds is 3. The second-order valence-electron chi connectivity index (χ2n) is 5.84. The lowest BCUT2D eigenvalue weighted by Crippen LogP contribution is -1.95. The van der Waals surface area contributed by atoms with Crippen molar-refractivity contribution < 1.29 is 0 Å². The summed E-state index contributed by atoms with van der Waals surface area (Å²) >= 11 is 6.97. The van der Waals surface area contributed by atoms with Crippen LogP contribution in [0.15, 0.2) is 93.9 Å². The standard InChI is InChI=1S/C22H14Br2N2/c23-18-10-6-16(7-11-18)21-14-20(15-4-2-1-3-5-15)25-22(26-21)17-8-12-19(24)13-9-17/h1-14H. The van der Waals surface area contributed by atoms with E-state index in [4.69, 9.17) is 9.97 Å². The van der Waals surface area contributed by atoms with Crippen molar-refractivity contribution in [2.45, 2.75) is 0 Å². The molecule has 4 rings (SSSR count). The van der Waals surface area contributed by atoms with E-state index in [-0.39, 0.29) is 0 Å². The molecule has 0 saturated carbocycles. The predicted molar refractivity (Wildman–Crippen MR) is 114 cm³/mol. The van der Waals surface area contributed by atoms with Crippen LogP contribution in [0.1, 0.15) is 0 Å². The monoisotopic (exact) mass is 464 g/mol. The first-order valence-corrected chi connectivity index (χ1v) is 9.74. The lowest BCUT2D eigenvalue weighted by atomic mass is 10.1. The zero-order valence-corrected chi connectivity index (χ0v) is 16.9. The molecule has 0 aliphatic carbocycles. The Morgan fingerprint density at radius 1 is 0.500 bits per heavy atom. The van der Waals surface area contributed by atoms with Crippen LogP contribution in [0.3, 0.4) is 0 Å². The van der Waals surface area contributed by atoms with Crippen molar-refractivity contribution in [3.63, 3.8) is 0 Å². The first-order valence-electron chi connectivity index (χ1n) is 8.15. The average molecular weight is 466 g/mol. The fourth-order valence-electron chi connectivity index (χ4n) is 2.70. The number of benzene rings is 3. The van der Waals surface area contributed by atoms with Crippen LogP contribution in [0.5, 0.6) is 0 Å². The summed E-state index contributed by atoms with van der Waals surface area (Å²) in [5.41, 5.74) is 4.95. The molecular formula is C22H14Br2N2. The molecule has 0 spiro atoms. The van der Waals surface area contributed by atoms with Gasteiger partial charge in [-0.25, -0.2) is 9.97 Å². The van der Waals surface area contributed by atoms with Gasteiger partial charge in [-0.1, -0.05) is 86.5 Å². The smallest absolute Gasteiger partial charge is 0.160 e. The minimum atomic E-state index is 0.719. The number of halogens is 2. The van der Waals surface area contributed by atoms with Gasteiger partial charge >= 0.3 is 0 Å². The molecule has 0 atom stereocenters. The molecule has 26 heavy (non-hydrogen) atoms. The van der Waals surface area contributed by atoms with Crippen molar-refractivity contribution in [3.8, 4) is 33.9 Å². The van der Waals surface area contributed by atoms with E-state index in [1.807, 2.05) is 60.7 Å². The number of nitrogens with zero attached hydrogens (tertiary/aromatic N) is 2. The highest BCUT2D eigenvalue weighted by atomic mass is 79.9. The van der Waals surface area contributed by atoms with Gasteiger partial charge in [0, 0.05) is 25.6 Å². The maximum absolute atomic E-state index is 4.82. The normalized spacial score (nSPS) is 10.7. The minimum absolute atomic E-state index is 0.719. The minimum Gasteiger partial charge on any atom is -0.228 e. The summed E-state index contributed by atoms with van der Waals surface area (Å²) in [6.07, 6.45) is 0. The van der Waals surface area contributed by atoms with E-state index in [9.17, 15) is 0 Å². The Hall–Kier alpha value is -2.30. The van der Waals surface area contributed by atoms with E-state index in [1.54, 1.807) is 0 Å². The van der Waals surface area contributed by atoms with Crippen LogP contribution >= 0.6 is 31.9 Å². The third kappa shape index (κ3) is 3.76. The molecule has 0 aliphatic heterocycles. The molecule has 2 nitrogen and oxygen atoms in total. The molecule has 126 valence electrons. The third-order valence-corrected chi connectivity index (χ3v) is 5.10. The molecule has 0 radical (unpaired) electrons. The van der Waals surface area contributed by atoms with E-state index in [2.05, 4.69) is 56.1 Å². The van der Waals surface area contributed by atoms with Crippen LogP contribution in [0, 0.1) is 0 Å². The van der Waals surface area contributed by atoms with Gasteiger partial charge in [0.2, 0.25) is 0 Å². The summed E-state index contributed by atoms with van der Waals surface area (Å²) in [6, 6.07) is 28.5. The van der Waals surface area contributed by atoms with Crippen LogP contribution in [0.2, 0.25) is 0 Å². The van der Waals surface area contributed by atoms with Crippen LogP contribution in [0.4, 0.5) is 0 Å². The Kier molecular flexibility index (Phi) is 4.96. The molecule has 0 fully saturated rings. The van der Waals surface area contributed by atoms with Gasteiger partial charge in [-0.15, -0.1) is 0 Å². The first-order chi connectivity index (χ1) is 12.7. The van der Waals surface area contributed by atoms with Crippen LogP contribution in [-0.2, 0) is 0 Å². The van der Waals surface area contributed by atoms with E-state index in [0.29, 0.717) is 0 Å². The molecule has 4 aromatic rings. The van der Waals surface area contributed by atoms with Crippen molar-refractivity contribution in [2.75, 3.05) is 0 Å². The largest absolute Gasteiger partial charge is 0.228 e. The highest BCUT2D eigenvalue weighted by Crippen LogP contribution is 2.28. The van der Waals surface area contributed by atoms with E-state index in [1.165, 1.54) is 0 Å². The molecule has 0 amide bonds. The summed E-state index contributed by atoms with van der Waals surface area (Å²) in [4.78, 5) is 9.63. The van der Waals surface area contributed by atoms with Crippen molar-refractivity contribution in [1.82, 2.24) is 9.97 Å². The summed E-state index contributed by atoms with van der Waals surface area (Å²) < 4.78 is 2.08. The SMILES string of the molecule is Brc1ccc(-c2cc(-c3ccccc3)nc(-c3ccc(Br)cc3)n2)cc1. The molecule has 0 N–H and O–H groups in total. The molecule has 4 heteroatoms. The van der Waals surface area contributed by atoms with Crippen LogP contribution < -0.4 is 0 Å². The summed E-state index contributed by atoms with van der Waals surface area (Å²) in [6.45, 7) is 0. The van der Waals surface area contributed by atoms with Crippen molar-refractivity contribution in [2.24, 2.45) is 0 Å². The molecule has 0 saturated heterocycles. The van der Waals surface area contributed by atoms with Gasteiger partial charge < -0.3 is 0 Å². The second kappa shape index (κ2) is 7.52. The van der Waals surface area contributed by atoms with Gasteiger partial charge in [-0.05, 0) is 30.3 Å². The average Bonchev–Trinajstić information content (AvgIpc) is 2.69. The molecule has 1 heterocycles. The Balaban J connectivity index is 1.89. The Labute approximate surface area is 169 Å². The highest BCUT2D eigenvalue weighted by Gasteiger charge is 2.10. The van der Waals surface area contributed by atoms with Crippen molar-refractivity contribution >= 4 is 31.9 Å². The molecule has 3 aromatic carbocycles. The van der Waals surface area contributed by atoms with Gasteiger partial charge in [0.1, 0.15) is 0 Å². The lowest BCUT2D eigenvalue weighted by molar-refractivity contribution is 1.18. The predicted octanol–water partition coefficient (Wildman–Crippen LogP) is 7.00. The number of hydrogen-bond donors (Lipinski definition) is 0. The quantitative estimate of drug-likeness (QED) is 0.325. The van der Waals surface area contributed by atoms with E-state index >= 15 is 0 Å². The van der Waals surface area contributed by atoms with Gasteiger partial charge in [0.25, 0.3) is 0 Å². The van der Waals surface area contributed by atoms with Crippen LogP contribution in [-0.4, -0.2) is 9.97 Å². The Morgan fingerprint density at radius 3 is 1.50 bits per heavy atom. The van der Waals surface area contributed by atoms with Crippen molar-refractivity contribution in [1.29, 1.82) is 0 Å². The molecule has 1 aromatic heterocycles. The fourth-order valence-corrected chi connectivity index (χ4v) is 3.23. The fraction of sp³-hybridized carbons (Fsp3) is 0. The molecular weight excluding hydrogens is 452 g/mol. The molecule has 0 aliphatic rings. The Bertz CT molecular complexity index is 964. The van der Waals surface area contributed by atoms with E-state index < -0.39 is 0 Å². The topological polar surface area (TPSA) is 25.8 Å². The zero-order valence-electron chi connectivity index (χ0n) is 13.7. The summed E-state index contributed by atoms with van der Waals surface area (Å²) in [5, 5.41) is 0. The first kappa shape index (κ1) is 17.1. The Morgan fingerprint density at radius 2 is 0.962 bits per heavy atom. The van der Waals surface area contributed by atoms with Gasteiger partial charge in [0.15, 0.2) is 5.82 Å². The van der Waals surface area contributed by atoms with Crippen LogP contribution in [0.25, 0.3) is 33.9 Å². The molecule has 0 unspecified atom stereocenters. The number of hydrogen-bond acceptors (Lipinski definition) is 2. The highest BCUT2D eigenvalue weighted by molar-refractivity contribution is 9.10. The van der Waals surface area contributed by atoms with Crippen molar-refractivity contribution in [3.05, 3.63) is 93.9 Å². The van der Waals surface area contributed by atoms with E-state index in [0.717, 1.165) is 42.8 Å². The maximum Gasteiger partial charge on any atom is 0.160 e. The summed E-state index contributed by atoms with van der Waals surface area (Å²) in [7, 11) is 0. The molecule has 0 bridgehead atoms. The van der Waals surface area contributed by atoms with Gasteiger partial charge in [-0.3, -0.25) is 0 Å². The third-order valence-electron chi connectivity index (χ3n) is 4.04. The lowest BCUT2D eigenvalue weighted by Gasteiger charge is -2.09. The summed E-state index contributed by atoms with van der Waals surface area (Å²) in [5.74, 6) is 0.719.